The first-order valence-electron chi connectivity index (χ1n) is 9.09. The topological polar surface area (TPSA) is 66.9 Å². The molecule has 148 valence electrons. The summed E-state index contributed by atoms with van der Waals surface area (Å²) >= 11 is 12.2. The van der Waals surface area contributed by atoms with Crippen LogP contribution in [-0.4, -0.2) is 15.9 Å². The third-order valence-corrected chi connectivity index (χ3v) is 4.89. The number of nitrogens with one attached hydrogen (secondary N) is 2. The zero-order valence-electron chi connectivity index (χ0n) is 15.6. The summed E-state index contributed by atoms with van der Waals surface area (Å²) in [6.07, 6.45) is 4.60. The van der Waals surface area contributed by atoms with Gasteiger partial charge < -0.3 is 10.6 Å². The van der Waals surface area contributed by atoms with E-state index in [-0.39, 0.29) is 5.91 Å². The number of hydrogen-bond acceptors (Lipinski definition) is 4. The Morgan fingerprint density at radius 2 is 1.77 bits per heavy atom. The maximum absolute atomic E-state index is 12.3. The van der Waals surface area contributed by atoms with E-state index in [9.17, 15) is 4.79 Å². The molecule has 0 bridgehead atoms. The number of rotatable bonds is 5. The van der Waals surface area contributed by atoms with Crippen molar-refractivity contribution in [1.29, 1.82) is 0 Å². The molecule has 0 saturated carbocycles. The number of carbonyl (C=O) groups is 1. The van der Waals surface area contributed by atoms with E-state index in [1.807, 2.05) is 42.5 Å². The number of carbonyl (C=O) groups excluding carboxylic acids is 1. The van der Waals surface area contributed by atoms with Gasteiger partial charge in [-0.1, -0.05) is 47.5 Å². The molecule has 1 heterocycles. The van der Waals surface area contributed by atoms with Gasteiger partial charge in [-0.05, 0) is 54.1 Å². The summed E-state index contributed by atoms with van der Waals surface area (Å²) in [4.78, 5) is 21.0. The molecule has 2 N–H and O–H groups in total. The number of hydrogen-bond donors (Lipinski definition) is 2. The Bertz CT molecular complexity index is 1260. The molecule has 7 heteroatoms. The lowest BCUT2D eigenvalue weighted by Gasteiger charge is -2.10. The summed E-state index contributed by atoms with van der Waals surface area (Å²) in [6.45, 7) is 0. The number of benzene rings is 3. The largest absolute Gasteiger partial charge is 0.340 e. The maximum Gasteiger partial charge on any atom is 0.248 e. The minimum atomic E-state index is -0.268. The minimum Gasteiger partial charge on any atom is -0.340 e. The van der Waals surface area contributed by atoms with Crippen LogP contribution in [0, 0.1) is 0 Å². The highest BCUT2D eigenvalue weighted by atomic mass is 35.5. The van der Waals surface area contributed by atoms with E-state index in [1.54, 1.807) is 30.3 Å². The van der Waals surface area contributed by atoms with Crippen LogP contribution in [0.1, 0.15) is 5.56 Å². The molecule has 1 aromatic heterocycles. The number of anilines is 3. The Morgan fingerprint density at radius 3 is 2.60 bits per heavy atom. The molecule has 0 aliphatic carbocycles. The third kappa shape index (κ3) is 4.76. The van der Waals surface area contributed by atoms with Crippen molar-refractivity contribution in [3.8, 4) is 0 Å². The Labute approximate surface area is 183 Å². The normalized spacial score (nSPS) is 11.0. The van der Waals surface area contributed by atoms with Crippen LogP contribution in [0.15, 0.2) is 79.1 Å². The molecule has 0 aliphatic heterocycles. The summed E-state index contributed by atoms with van der Waals surface area (Å²) in [5.41, 5.74) is 2.95. The Kier molecular flexibility index (Phi) is 5.93. The van der Waals surface area contributed by atoms with E-state index < -0.39 is 0 Å². The summed E-state index contributed by atoms with van der Waals surface area (Å²) in [5.74, 6) is 0.348. The van der Waals surface area contributed by atoms with Crippen molar-refractivity contribution in [3.63, 3.8) is 0 Å². The average Bonchev–Trinajstić information content (AvgIpc) is 2.74. The maximum atomic E-state index is 12.3. The second-order valence-electron chi connectivity index (χ2n) is 6.43. The number of nitrogens with zero attached hydrogens (tertiary/aromatic N) is 2. The molecule has 0 radical (unpaired) electrons. The first kappa shape index (κ1) is 19.9. The molecule has 1 amide bonds. The predicted molar refractivity (Wildman–Crippen MR) is 123 cm³/mol. The molecule has 0 aliphatic rings. The van der Waals surface area contributed by atoms with Gasteiger partial charge in [0.2, 0.25) is 5.91 Å². The van der Waals surface area contributed by atoms with Crippen LogP contribution in [0.25, 0.3) is 17.0 Å². The Morgan fingerprint density at radius 1 is 0.900 bits per heavy atom. The van der Waals surface area contributed by atoms with Crippen molar-refractivity contribution >= 4 is 63.3 Å². The minimum absolute atomic E-state index is 0.268. The summed E-state index contributed by atoms with van der Waals surface area (Å²) in [5, 5.41) is 8.07. The van der Waals surface area contributed by atoms with Crippen molar-refractivity contribution in [1.82, 2.24) is 9.97 Å². The van der Waals surface area contributed by atoms with Gasteiger partial charge in [-0.2, -0.15) is 0 Å². The number of fused-ring (bicyclic) bond motifs is 1. The highest BCUT2D eigenvalue weighted by Gasteiger charge is 2.07. The van der Waals surface area contributed by atoms with Crippen molar-refractivity contribution in [2.45, 2.75) is 0 Å². The zero-order valence-corrected chi connectivity index (χ0v) is 17.2. The average molecular weight is 435 g/mol. The fraction of sp³-hybridized carbons (Fsp3) is 0. The second kappa shape index (κ2) is 8.95. The molecule has 0 saturated heterocycles. The summed E-state index contributed by atoms with van der Waals surface area (Å²) in [7, 11) is 0. The van der Waals surface area contributed by atoms with Gasteiger partial charge in [0.1, 0.15) is 12.1 Å². The molecule has 0 spiro atoms. The van der Waals surface area contributed by atoms with Crippen LogP contribution in [0.4, 0.5) is 17.2 Å². The smallest absolute Gasteiger partial charge is 0.248 e. The molecule has 4 rings (SSSR count). The first-order valence-corrected chi connectivity index (χ1v) is 9.85. The van der Waals surface area contributed by atoms with Crippen LogP contribution in [-0.2, 0) is 4.79 Å². The number of amides is 1. The van der Waals surface area contributed by atoms with Crippen LogP contribution >= 0.6 is 23.2 Å². The molecule has 0 fully saturated rings. The lowest BCUT2D eigenvalue weighted by molar-refractivity contribution is -0.111. The fourth-order valence-electron chi connectivity index (χ4n) is 2.90. The lowest BCUT2D eigenvalue weighted by Crippen LogP contribution is -2.08. The van der Waals surface area contributed by atoms with E-state index >= 15 is 0 Å². The van der Waals surface area contributed by atoms with Crippen molar-refractivity contribution < 1.29 is 4.79 Å². The fourth-order valence-corrected chi connectivity index (χ4v) is 3.29. The second-order valence-corrected chi connectivity index (χ2v) is 7.28. The molecular formula is C23H16Cl2N4O. The van der Waals surface area contributed by atoms with E-state index in [0.29, 0.717) is 21.6 Å². The summed E-state index contributed by atoms with van der Waals surface area (Å²) < 4.78 is 0. The van der Waals surface area contributed by atoms with Gasteiger partial charge in [0.25, 0.3) is 0 Å². The van der Waals surface area contributed by atoms with Crippen LogP contribution in [0.3, 0.4) is 0 Å². The molecule has 0 atom stereocenters. The SMILES string of the molecule is O=C(C=Cc1ccccc1Cl)Nc1ccc2ncnc(Nc3cccc(Cl)c3)c2c1. The summed E-state index contributed by atoms with van der Waals surface area (Å²) in [6, 6.07) is 20.1. The molecule has 5 nitrogen and oxygen atoms in total. The van der Waals surface area contributed by atoms with Crippen LogP contribution < -0.4 is 10.6 Å². The quantitative estimate of drug-likeness (QED) is 0.360. The van der Waals surface area contributed by atoms with Gasteiger partial charge >= 0.3 is 0 Å². The van der Waals surface area contributed by atoms with Crippen molar-refractivity contribution in [2.24, 2.45) is 0 Å². The Hall–Kier alpha value is -3.41. The molecule has 3 aromatic carbocycles. The van der Waals surface area contributed by atoms with Gasteiger partial charge in [0.15, 0.2) is 0 Å². The monoisotopic (exact) mass is 434 g/mol. The van der Waals surface area contributed by atoms with Gasteiger partial charge in [-0.3, -0.25) is 4.79 Å². The Balaban J connectivity index is 1.56. The highest BCUT2D eigenvalue weighted by Crippen LogP contribution is 2.27. The van der Waals surface area contributed by atoms with E-state index in [2.05, 4.69) is 20.6 Å². The highest BCUT2D eigenvalue weighted by molar-refractivity contribution is 6.32. The number of halogens is 2. The molecule has 30 heavy (non-hydrogen) atoms. The zero-order chi connectivity index (χ0) is 20.9. The van der Waals surface area contributed by atoms with Crippen LogP contribution in [0.2, 0.25) is 10.0 Å². The van der Waals surface area contributed by atoms with Crippen molar-refractivity contribution in [3.05, 3.63) is 94.7 Å². The molecular weight excluding hydrogens is 419 g/mol. The van der Waals surface area contributed by atoms with Gasteiger partial charge in [-0.15, -0.1) is 0 Å². The van der Waals surface area contributed by atoms with E-state index in [1.165, 1.54) is 12.4 Å². The first-order chi connectivity index (χ1) is 14.6. The standard InChI is InChI=1S/C23H16Cl2N4O/c24-16-5-3-6-17(12-16)29-23-19-13-18(9-10-21(19)26-14-27-23)28-22(30)11-8-15-4-1-2-7-20(15)25/h1-14H,(H,28,30)(H,26,27,29). The molecule has 4 aromatic rings. The van der Waals surface area contributed by atoms with E-state index in [4.69, 9.17) is 23.2 Å². The third-order valence-electron chi connectivity index (χ3n) is 4.31. The number of aromatic nitrogens is 2. The lowest BCUT2D eigenvalue weighted by atomic mass is 10.2. The van der Waals surface area contributed by atoms with Crippen molar-refractivity contribution in [2.75, 3.05) is 10.6 Å². The van der Waals surface area contributed by atoms with Gasteiger partial charge in [0.05, 0.1) is 5.52 Å². The van der Waals surface area contributed by atoms with E-state index in [0.717, 1.165) is 22.2 Å². The van der Waals surface area contributed by atoms with Crippen LogP contribution in [0.5, 0.6) is 0 Å². The molecule has 0 unspecified atom stereocenters. The van der Waals surface area contributed by atoms with Gasteiger partial charge in [0, 0.05) is 32.9 Å². The predicted octanol–water partition coefficient (Wildman–Crippen LogP) is 6.33. The van der Waals surface area contributed by atoms with Gasteiger partial charge in [-0.25, -0.2) is 9.97 Å².